The number of esters is 1. The first-order chi connectivity index (χ1) is 25.4. The molecular formula is C36H36Cl3N3O10S. The highest BCUT2D eigenvalue weighted by Gasteiger charge is 2.55. The Morgan fingerprint density at radius 2 is 1.28 bits per heavy atom. The van der Waals surface area contributed by atoms with Gasteiger partial charge in [0.05, 0.1) is 21.3 Å². The number of carbonyl (C=O) groups is 4. The average molecular weight is 809 g/mol. The van der Waals surface area contributed by atoms with Crippen LogP contribution in [0, 0.1) is 0 Å². The van der Waals surface area contributed by atoms with E-state index >= 15 is 0 Å². The summed E-state index contributed by atoms with van der Waals surface area (Å²) in [6.07, 6.45) is -1.63. The number of amides is 3. The quantitative estimate of drug-likeness (QED) is 0.0858. The number of hydrogen-bond donors (Lipinski definition) is 1. The van der Waals surface area contributed by atoms with E-state index in [0.29, 0.717) is 28.4 Å². The molecule has 1 fully saturated rings. The van der Waals surface area contributed by atoms with Crippen molar-refractivity contribution < 1.29 is 47.6 Å². The van der Waals surface area contributed by atoms with Crippen LogP contribution in [-0.2, 0) is 43.5 Å². The van der Waals surface area contributed by atoms with Gasteiger partial charge in [-0.25, -0.2) is 14.4 Å². The number of alkyl halides is 3. The number of β-lactam (4-membered cyclic amide) rings is 1. The van der Waals surface area contributed by atoms with Crippen LogP contribution in [0.1, 0.15) is 16.7 Å². The first-order valence-electron chi connectivity index (χ1n) is 16.0. The van der Waals surface area contributed by atoms with Gasteiger partial charge in [-0.3, -0.25) is 14.6 Å². The number of alkyl carbamates (subject to hydrolysis) is 1. The van der Waals surface area contributed by atoms with E-state index in [1.54, 1.807) is 62.8 Å². The monoisotopic (exact) mass is 807 g/mol. The Balaban J connectivity index is 1.35. The molecule has 2 aliphatic rings. The highest BCUT2D eigenvalue weighted by molar-refractivity contribution is 8.00. The third-order valence-corrected chi connectivity index (χ3v) is 9.77. The average Bonchev–Trinajstić information content (AvgIpc) is 3.17. The van der Waals surface area contributed by atoms with Gasteiger partial charge in [-0.05, 0) is 53.1 Å². The molecule has 0 spiro atoms. The molecule has 0 bridgehead atoms. The van der Waals surface area contributed by atoms with Crippen molar-refractivity contribution in [2.75, 3.05) is 40.3 Å². The molecule has 1 saturated heterocycles. The molecule has 53 heavy (non-hydrogen) atoms. The lowest BCUT2D eigenvalue weighted by Crippen LogP contribution is -2.70. The van der Waals surface area contributed by atoms with Crippen LogP contribution in [0.4, 0.5) is 9.59 Å². The number of rotatable bonds is 14. The molecule has 1 N–H and O–H groups in total. The van der Waals surface area contributed by atoms with Gasteiger partial charge in [-0.1, -0.05) is 71.2 Å². The first-order valence-corrected chi connectivity index (χ1v) is 18.2. The summed E-state index contributed by atoms with van der Waals surface area (Å²) in [7, 11) is 4.68. The minimum atomic E-state index is -1.85. The number of hydrogen-bond acceptors (Lipinski definition) is 11. The number of fused-ring (bicyclic) bond motifs is 1. The maximum absolute atomic E-state index is 13.7. The van der Waals surface area contributed by atoms with Gasteiger partial charge in [0.1, 0.15) is 54.2 Å². The predicted octanol–water partition coefficient (Wildman–Crippen LogP) is 6.23. The van der Waals surface area contributed by atoms with E-state index in [2.05, 4.69) is 5.32 Å². The Morgan fingerprint density at radius 3 is 1.77 bits per heavy atom. The maximum atomic E-state index is 13.7. The summed E-state index contributed by atoms with van der Waals surface area (Å²) in [6, 6.07) is 20.4. The van der Waals surface area contributed by atoms with Crippen molar-refractivity contribution in [3.05, 3.63) is 101 Å². The molecule has 0 aliphatic carbocycles. The van der Waals surface area contributed by atoms with Crippen LogP contribution < -0.4 is 19.5 Å². The minimum Gasteiger partial charge on any atom is -0.497 e. The zero-order valence-corrected chi connectivity index (χ0v) is 31.9. The summed E-state index contributed by atoms with van der Waals surface area (Å²) in [6.45, 7) is -0.567. The van der Waals surface area contributed by atoms with Crippen LogP contribution in [-0.4, -0.2) is 89.4 Å². The highest BCUT2D eigenvalue weighted by Crippen LogP contribution is 2.41. The summed E-state index contributed by atoms with van der Waals surface area (Å²) in [5.41, 5.74) is 2.59. The van der Waals surface area contributed by atoms with Crippen molar-refractivity contribution in [3.8, 4) is 17.2 Å². The fourth-order valence-electron chi connectivity index (χ4n) is 5.37. The fraction of sp³-hybridized carbons (Fsp3) is 0.333. The van der Waals surface area contributed by atoms with Crippen LogP contribution in [0.3, 0.4) is 0 Å². The Morgan fingerprint density at radius 1 is 0.774 bits per heavy atom. The lowest BCUT2D eigenvalue weighted by Gasteiger charge is -2.49. The Labute approximate surface area is 325 Å². The zero-order valence-electron chi connectivity index (χ0n) is 28.8. The lowest BCUT2D eigenvalue weighted by molar-refractivity contribution is -0.152. The number of thioether (sulfide) groups is 1. The van der Waals surface area contributed by atoms with Crippen molar-refractivity contribution >= 4 is 70.6 Å². The van der Waals surface area contributed by atoms with Gasteiger partial charge >= 0.3 is 18.2 Å². The smallest absolute Gasteiger partial charge is 0.410 e. The molecule has 2 heterocycles. The minimum absolute atomic E-state index is 0.0790. The van der Waals surface area contributed by atoms with Gasteiger partial charge in [0.2, 0.25) is 3.79 Å². The van der Waals surface area contributed by atoms with Gasteiger partial charge in [-0.2, -0.15) is 0 Å². The maximum Gasteiger partial charge on any atom is 0.410 e. The van der Waals surface area contributed by atoms with Crippen molar-refractivity contribution in [2.24, 2.45) is 0 Å². The zero-order chi connectivity index (χ0) is 38.1. The van der Waals surface area contributed by atoms with Gasteiger partial charge in [0.25, 0.3) is 5.91 Å². The number of benzene rings is 3. The van der Waals surface area contributed by atoms with Crippen LogP contribution >= 0.6 is 46.6 Å². The second-order valence-corrected chi connectivity index (χ2v) is 15.3. The number of nitrogens with one attached hydrogen (secondary N) is 1. The number of nitrogens with zero attached hydrogens (tertiary/aromatic N) is 2. The highest BCUT2D eigenvalue weighted by atomic mass is 35.6. The van der Waals surface area contributed by atoms with Crippen LogP contribution in [0.15, 0.2) is 84.1 Å². The molecule has 2 aliphatic heterocycles. The molecule has 2 atom stereocenters. The summed E-state index contributed by atoms with van der Waals surface area (Å²) >= 11 is 18.3. The summed E-state index contributed by atoms with van der Waals surface area (Å²) in [5.74, 6) is 0.728. The number of ether oxygens (including phenoxy) is 6. The molecule has 0 radical (unpaired) electrons. The van der Waals surface area contributed by atoms with E-state index in [9.17, 15) is 19.2 Å². The molecule has 0 aromatic heterocycles. The standard InChI is InChI=1S/C36H36Cl3N3O10S/c1-47-26-10-4-22(5-11-26)16-41(17-23-6-12-27(48-2)13-7-23)35(46)51-19-25-20-53-32-29(40-34(45)52-21-36(37,38)39)31(43)42(32)30(25)33(44)50-18-24-8-14-28(49-3)15-9-24/h4-15,29,32H,16-21H2,1-3H3,(H,40,45)/t29-,32-/m0/s1. The Hall–Kier alpha value is -4.50. The van der Waals surface area contributed by atoms with Crippen molar-refractivity contribution in [1.29, 1.82) is 0 Å². The van der Waals surface area contributed by atoms with E-state index in [1.165, 1.54) is 28.7 Å². The van der Waals surface area contributed by atoms with E-state index in [-0.39, 0.29) is 37.8 Å². The van der Waals surface area contributed by atoms with E-state index in [1.807, 2.05) is 24.3 Å². The topological polar surface area (TPSA) is 142 Å². The predicted molar refractivity (Wildman–Crippen MR) is 198 cm³/mol. The SMILES string of the molecule is COc1ccc(COC(=O)C2=C(COC(=O)N(Cc3ccc(OC)cc3)Cc3ccc(OC)cc3)CS[C@H]3[C@@H](NC(=O)OCC(Cl)(Cl)Cl)C(=O)N23)cc1. The van der Waals surface area contributed by atoms with Crippen LogP contribution in [0.25, 0.3) is 0 Å². The third kappa shape index (κ3) is 10.6. The first kappa shape index (κ1) is 39.7. The molecular weight excluding hydrogens is 773 g/mol. The molecule has 3 amide bonds. The number of halogens is 3. The van der Waals surface area contributed by atoms with Gasteiger partial charge in [-0.15, -0.1) is 11.8 Å². The van der Waals surface area contributed by atoms with Crippen molar-refractivity contribution in [2.45, 2.75) is 34.9 Å². The second kappa shape index (κ2) is 18.0. The summed E-state index contributed by atoms with van der Waals surface area (Å²) < 4.78 is 30.3. The van der Waals surface area contributed by atoms with E-state index in [4.69, 9.17) is 63.2 Å². The number of methoxy groups -OCH3 is 3. The molecule has 3 aromatic carbocycles. The molecule has 0 unspecified atom stereocenters. The van der Waals surface area contributed by atoms with E-state index in [0.717, 1.165) is 11.1 Å². The summed E-state index contributed by atoms with van der Waals surface area (Å²) in [5, 5.41) is 1.78. The normalized spacial score (nSPS) is 16.5. The van der Waals surface area contributed by atoms with Crippen LogP contribution in [0.5, 0.6) is 17.2 Å². The number of carbonyl (C=O) groups excluding carboxylic acids is 4. The van der Waals surface area contributed by atoms with E-state index < -0.39 is 45.9 Å². The van der Waals surface area contributed by atoms with Gasteiger partial charge < -0.3 is 33.7 Å². The van der Waals surface area contributed by atoms with Gasteiger partial charge in [0, 0.05) is 24.4 Å². The Kier molecular flexibility index (Phi) is 13.5. The lowest BCUT2D eigenvalue weighted by atomic mass is 10.0. The molecule has 0 saturated carbocycles. The molecule has 17 heteroatoms. The molecule has 3 aromatic rings. The molecule has 13 nitrogen and oxygen atoms in total. The van der Waals surface area contributed by atoms with Crippen LogP contribution in [0.2, 0.25) is 0 Å². The third-order valence-electron chi connectivity index (χ3n) is 8.10. The van der Waals surface area contributed by atoms with Crippen molar-refractivity contribution in [3.63, 3.8) is 0 Å². The summed E-state index contributed by atoms with van der Waals surface area (Å²) in [4.78, 5) is 56.0. The molecule has 5 rings (SSSR count). The van der Waals surface area contributed by atoms with Crippen molar-refractivity contribution in [1.82, 2.24) is 15.1 Å². The molecule has 282 valence electrons. The Bertz CT molecular complexity index is 1760. The van der Waals surface area contributed by atoms with Gasteiger partial charge in [0.15, 0.2) is 0 Å². The fourth-order valence-corrected chi connectivity index (χ4v) is 6.86. The largest absolute Gasteiger partial charge is 0.497 e. The second-order valence-electron chi connectivity index (χ2n) is 11.7.